The van der Waals surface area contributed by atoms with Gasteiger partial charge in [-0.25, -0.2) is 4.39 Å². The third-order valence-corrected chi connectivity index (χ3v) is 4.18. The predicted molar refractivity (Wildman–Crippen MR) is 95.3 cm³/mol. The number of rotatable bonds is 4. The molecular formula is C20H19FN2O2. The van der Waals surface area contributed by atoms with Gasteiger partial charge in [0.1, 0.15) is 18.2 Å². The van der Waals surface area contributed by atoms with Crippen LogP contribution < -0.4 is 9.64 Å². The average Bonchev–Trinajstić information content (AvgIpc) is 2.67. The number of benzene rings is 2. The van der Waals surface area contributed by atoms with Crippen LogP contribution in [0.5, 0.6) is 5.75 Å². The third kappa shape index (κ3) is 4.10. The Labute approximate surface area is 146 Å². The molecule has 0 radical (unpaired) electrons. The van der Waals surface area contributed by atoms with Gasteiger partial charge in [0.15, 0.2) is 0 Å². The van der Waals surface area contributed by atoms with Crippen molar-refractivity contribution < 1.29 is 13.9 Å². The predicted octanol–water partition coefficient (Wildman–Crippen LogP) is 2.80. The van der Waals surface area contributed by atoms with Gasteiger partial charge in [0.25, 0.3) is 5.91 Å². The Morgan fingerprint density at radius 3 is 2.28 bits per heavy atom. The van der Waals surface area contributed by atoms with Crippen molar-refractivity contribution in [2.45, 2.75) is 0 Å². The maximum atomic E-state index is 13.0. The van der Waals surface area contributed by atoms with Gasteiger partial charge in [-0.2, -0.15) is 0 Å². The van der Waals surface area contributed by atoms with Gasteiger partial charge in [-0.3, -0.25) is 4.79 Å². The molecule has 4 nitrogen and oxygen atoms in total. The first kappa shape index (κ1) is 16.8. The largest absolute Gasteiger partial charge is 0.481 e. The summed E-state index contributed by atoms with van der Waals surface area (Å²) in [6.07, 6.45) is 5.15. The smallest absolute Gasteiger partial charge is 0.253 e. The van der Waals surface area contributed by atoms with E-state index in [0.29, 0.717) is 24.4 Å². The Morgan fingerprint density at radius 1 is 1.04 bits per heavy atom. The van der Waals surface area contributed by atoms with Crippen molar-refractivity contribution >= 4 is 11.6 Å². The maximum absolute atomic E-state index is 13.0. The number of amides is 1. The number of carbonyl (C=O) groups excluding carboxylic acids is 1. The first-order valence-electron chi connectivity index (χ1n) is 8.13. The Morgan fingerprint density at radius 2 is 1.68 bits per heavy atom. The van der Waals surface area contributed by atoms with Crippen molar-refractivity contribution in [2.24, 2.45) is 0 Å². The Balaban J connectivity index is 1.58. The van der Waals surface area contributed by atoms with Crippen molar-refractivity contribution in [2.75, 3.05) is 37.7 Å². The maximum Gasteiger partial charge on any atom is 0.253 e. The van der Waals surface area contributed by atoms with Crippen molar-refractivity contribution in [3.63, 3.8) is 0 Å². The average molecular weight is 338 g/mol. The molecule has 5 heteroatoms. The fourth-order valence-corrected chi connectivity index (χ4v) is 2.82. The topological polar surface area (TPSA) is 32.8 Å². The zero-order chi connectivity index (χ0) is 17.6. The van der Waals surface area contributed by atoms with Gasteiger partial charge < -0.3 is 14.5 Å². The van der Waals surface area contributed by atoms with Crippen molar-refractivity contribution in [3.8, 4) is 18.1 Å². The van der Waals surface area contributed by atoms with Crippen LogP contribution in [0.3, 0.4) is 0 Å². The highest BCUT2D eigenvalue weighted by Gasteiger charge is 2.22. The number of piperazine rings is 1. The van der Waals surface area contributed by atoms with Crippen molar-refractivity contribution in [1.29, 1.82) is 0 Å². The molecule has 1 saturated heterocycles. The van der Waals surface area contributed by atoms with E-state index >= 15 is 0 Å². The fourth-order valence-electron chi connectivity index (χ4n) is 2.82. The number of hydrogen-bond acceptors (Lipinski definition) is 3. The molecule has 2 aromatic carbocycles. The van der Waals surface area contributed by atoms with E-state index in [9.17, 15) is 9.18 Å². The van der Waals surface area contributed by atoms with Gasteiger partial charge in [0.05, 0.1) is 0 Å². The van der Waals surface area contributed by atoms with E-state index in [1.807, 2.05) is 4.90 Å². The molecule has 1 amide bonds. The molecule has 0 saturated carbocycles. The van der Waals surface area contributed by atoms with Crippen LogP contribution in [0, 0.1) is 18.2 Å². The molecule has 0 atom stereocenters. The molecule has 1 heterocycles. The normalized spacial score (nSPS) is 14.1. The van der Waals surface area contributed by atoms with Crippen LogP contribution in [0.15, 0.2) is 48.5 Å². The van der Waals surface area contributed by atoms with Gasteiger partial charge in [-0.15, -0.1) is 6.42 Å². The second kappa shape index (κ2) is 7.71. The quantitative estimate of drug-likeness (QED) is 0.804. The monoisotopic (exact) mass is 338 g/mol. The van der Waals surface area contributed by atoms with Crippen molar-refractivity contribution in [1.82, 2.24) is 4.90 Å². The summed E-state index contributed by atoms with van der Waals surface area (Å²) in [6, 6.07) is 13.4. The van der Waals surface area contributed by atoms with Crippen LogP contribution in [0.1, 0.15) is 10.4 Å². The first-order chi connectivity index (χ1) is 12.2. The summed E-state index contributed by atoms with van der Waals surface area (Å²) in [5, 5.41) is 0. The fraction of sp³-hybridized carbons (Fsp3) is 0.250. The molecule has 25 heavy (non-hydrogen) atoms. The number of terminal acetylenes is 1. The molecular weight excluding hydrogens is 319 g/mol. The molecule has 1 fully saturated rings. The zero-order valence-electron chi connectivity index (χ0n) is 13.8. The van der Waals surface area contributed by atoms with Gasteiger partial charge in [-0.1, -0.05) is 5.92 Å². The molecule has 0 aliphatic carbocycles. The van der Waals surface area contributed by atoms with E-state index in [0.717, 1.165) is 18.8 Å². The van der Waals surface area contributed by atoms with Crippen LogP contribution in [-0.2, 0) is 0 Å². The second-order valence-electron chi connectivity index (χ2n) is 5.77. The van der Waals surface area contributed by atoms with Crippen LogP contribution >= 0.6 is 0 Å². The Hall–Kier alpha value is -3.00. The summed E-state index contributed by atoms with van der Waals surface area (Å²) in [5.41, 5.74) is 1.60. The SMILES string of the molecule is C#CCOc1ccc(C(=O)N2CCN(c3ccc(F)cc3)CC2)cc1. The number of nitrogens with zero attached hydrogens (tertiary/aromatic N) is 2. The molecule has 0 N–H and O–H groups in total. The highest BCUT2D eigenvalue weighted by Crippen LogP contribution is 2.19. The minimum absolute atomic E-state index is 0.00209. The van der Waals surface area contributed by atoms with Crippen LogP contribution in [0.4, 0.5) is 10.1 Å². The summed E-state index contributed by atoms with van der Waals surface area (Å²) in [7, 11) is 0. The molecule has 0 unspecified atom stereocenters. The lowest BCUT2D eigenvalue weighted by molar-refractivity contribution is 0.0747. The summed E-state index contributed by atoms with van der Waals surface area (Å²) in [4.78, 5) is 16.6. The van der Waals surface area contributed by atoms with E-state index < -0.39 is 0 Å². The first-order valence-corrected chi connectivity index (χ1v) is 8.13. The molecule has 1 aliphatic rings. The molecule has 3 rings (SSSR count). The number of halogens is 1. The molecule has 0 aromatic heterocycles. The molecule has 1 aliphatic heterocycles. The van der Waals surface area contributed by atoms with Crippen LogP contribution in [0.25, 0.3) is 0 Å². The second-order valence-corrected chi connectivity index (χ2v) is 5.77. The third-order valence-electron chi connectivity index (χ3n) is 4.18. The van der Waals surface area contributed by atoms with Gasteiger partial charge in [0, 0.05) is 37.4 Å². The van der Waals surface area contributed by atoms with E-state index in [2.05, 4.69) is 10.8 Å². The number of ether oxygens (including phenoxy) is 1. The van der Waals surface area contributed by atoms with E-state index in [1.165, 1.54) is 12.1 Å². The van der Waals surface area contributed by atoms with E-state index in [1.54, 1.807) is 36.4 Å². The summed E-state index contributed by atoms with van der Waals surface area (Å²) < 4.78 is 18.3. The Kier molecular flexibility index (Phi) is 5.20. The van der Waals surface area contributed by atoms with E-state index in [4.69, 9.17) is 11.2 Å². The summed E-state index contributed by atoms with van der Waals surface area (Å²) >= 11 is 0. The lowest BCUT2D eigenvalue weighted by atomic mass is 10.1. The number of anilines is 1. The van der Waals surface area contributed by atoms with Crippen LogP contribution in [-0.4, -0.2) is 43.6 Å². The minimum atomic E-state index is -0.243. The molecule has 0 bridgehead atoms. The van der Waals surface area contributed by atoms with Crippen molar-refractivity contribution in [3.05, 3.63) is 59.9 Å². The minimum Gasteiger partial charge on any atom is -0.481 e. The van der Waals surface area contributed by atoms with Gasteiger partial charge in [0.2, 0.25) is 0 Å². The lowest BCUT2D eigenvalue weighted by Crippen LogP contribution is -2.48. The zero-order valence-corrected chi connectivity index (χ0v) is 13.8. The number of carbonyl (C=O) groups is 1. The lowest BCUT2D eigenvalue weighted by Gasteiger charge is -2.36. The standard InChI is InChI=1S/C20H19FN2O2/c1-2-15-25-19-9-3-16(4-10-19)20(24)23-13-11-22(12-14-23)18-7-5-17(21)6-8-18/h1,3-10H,11-15H2. The summed E-state index contributed by atoms with van der Waals surface area (Å²) in [6.45, 7) is 2.91. The molecule has 2 aromatic rings. The molecule has 0 spiro atoms. The van der Waals surface area contributed by atoms with Crippen LogP contribution in [0.2, 0.25) is 0 Å². The Bertz CT molecular complexity index is 758. The van der Waals surface area contributed by atoms with E-state index in [-0.39, 0.29) is 18.3 Å². The highest BCUT2D eigenvalue weighted by molar-refractivity contribution is 5.94. The van der Waals surface area contributed by atoms with Gasteiger partial charge >= 0.3 is 0 Å². The summed E-state index contributed by atoms with van der Waals surface area (Å²) in [5.74, 6) is 2.81. The van der Waals surface area contributed by atoms with Gasteiger partial charge in [-0.05, 0) is 48.5 Å². The highest BCUT2D eigenvalue weighted by atomic mass is 19.1. The molecule has 128 valence electrons. The number of hydrogen-bond donors (Lipinski definition) is 0.